The summed E-state index contributed by atoms with van der Waals surface area (Å²) in [5, 5.41) is 21.5. The molecule has 0 amide bonds. The van der Waals surface area contributed by atoms with Crippen LogP contribution in [-0.4, -0.2) is 50.1 Å². The van der Waals surface area contributed by atoms with Crippen molar-refractivity contribution in [1.82, 2.24) is 20.3 Å². The number of fused-ring (bicyclic) bond motifs is 1. The maximum atomic E-state index is 14.1. The molecule has 2 aromatic rings. The molecule has 19 heavy (non-hydrogen) atoms. The van der Waals surface area contributed by atoms with Gasteiger partial charge in [-0.3, -0.25) is 10.1 Å². The Morgan fingerprint density at radius 2 is 2.21 bits per heavy atom. The predicted octanol–water partition coefficient (Wildman–Crippen LogP) is -1.04. The molecule has 1 aliphatic rings. The lowest BCUT2D eigenvalue weighted by molar-refractivity contribution is 0.0675. The van der Waals surface area contributed by atoms with Crippen LogP contribution in [0.4, 0.5) is 4.39 Å². The van der Waals surface area contributed by atoms with Crippen molar-refractivity contribution in [3.63, 3.8) is 0 Å². The number of halogens is 1. The third-order valence-electron chi connectivity index (χ3n) is 3.48. The highest BCUT2D eigenvalue weighted by molar-refractivity contribution is 5.78. The van der Waals surface area contributed by atoms with Crippen LogP contribution in [0.25, 0.3) is 11.0 Å². The zero-order chi connectivity index (χ0) is 13.6. The summed E-state index contributed by atoms with van der Waals surface area (Å²) in [4.78, 5) is 20.7. The Morgan fingerprint density at radius 1 is 1.42 bits per heavy atom. The van der Waals surface area contributed by atoms with Crippen LogP contribution in [0.3, 0.4) is 0 Å². The molecule has 4 atom stereocenters. The molecule has 1 saturated heterocycles. The first kappa shape index (κ1) is 12.3. The van der Waals surface area contributed by atoms with Gasteiger partial charge < -0.3 is 20.2 Å². The summed E-state index contributed by atoms with van der Waals surface area (Å²) < 4.78 is 14.1. The van der Waals surface area contributed by atoms with Gasteiger partial charge in [0, 0.05) is 11.8 Å². The van der Waals surface area contributed by atoms with Crippen LogP contribution in [0, 0.1) is 0 Å². The van der Waals surface area contributed by atoms with E-state index in [1.165, 1.54) is 12.5 Å². The number of hydrogen-bond acceptors (Lipinski definition) is 5. The van der Waals surface area contributed by atoms with Gasteiger partial charge in [-0.2, -0.15) is 0 Å². The van der Waals surface area contributed by atoms with Crippen LogP contribution in [0.5, 0.6) is 0 Å². The van der Waals surface area contributed by atoms with Crippen LogP contribution < -0.4 is 10.9 Å². The molecule has 5 N–H and O–H groups in total. The second-order valence-corrected chi connectivity index (χ2v) is 4.57. The van der Waals surface area contributed by atoms with E-state index in [2.05, 4.69) is 20.3 Å². The normalized spacial score (nSPS) is 31.1. The Morgan fingerprint density at radius 3 is 2.89 bits per heavy atom. The smallest absolute Gasteiger partial charge is 0.275 e. The van der Waals surface area contributed by atoms with Crippen molar-refractivity contribution in [3.8, 4) is 0 Å². The van der Waals surface area contributed by atoms with E-state index in [9.17, 15) is 14.3 Å². The zero-order valence-electron chi connectivity index (χ0n) is 9.80. The van der Waals surface area contributed by atoms with Gasteiger partial charge in [0.15, 0.2) is 0 Å². The third kappa shape index (κ3) is 1.76. The largest absolute Gasteiger partial charge is 0.395 e. The quantitative estimate of drug-likeness (QED) is 0.477. The Hall–Kier alpha value is -1.77. The van der Waals surface area contributed by atoms with E-state index in [4.69, 9.17) is 5.11 Å². The lowest BCUT2D eigenvalue weighted by Gasteiger charge is -2.12. The molecule has 0 bridgehead atoms. The molecule has 7 nitrogen and oxygen atoms in total. The number of aromatic amines is 2. The molecule has 1 aliphatic heterocycles. The van der Waals surface area contributed by atoms with Gasteiger partial charge in [0.05, 0.1) is 25.0 Å². The molecule has 8 heteroatoms. The summed E-state index contributed by atoms with van der Waals surface area (Å²) in [5.74, 6) is 0. The highest BCUT2D eigenvalue weighted by atomic mass is 19.1. The summed E-state index contributed by atoms with van der Waals surface area (Å²) in [6.45, 7) is -0.367. The fourth-order valence-corrected chi connectivity index (χ4v) is 2.47. The van der Waals surface area contributed by atoms with Crippen molar-refractivity contribution in [3.05, 3.63) is 28.4 Å². The Labute approximate surface area is 106 Å². The molecule has 3 rings (SSSR count). The number of rotatable bonds is 2. The molecule has 3 heterocycles. The van der Waals surface area contributed by atoms with Gasteiger partial charge in [-0.05, 0) is 0 Å². The predicted molar refractivity (Wildman–Crippen MR) is 64.4 cm³/mol. The number of aliphatic hydroxyl groups excluding tert-OH is 2. The number of H-pyrrole nitrogens is 2. The second kappa shape index (κ2) is 4.41. The third-order valence-corrected chi connectivity index (χ3v) is 3.48. The highest BCUT2D eigenvalue weighted by Gasteiger charge is 2.43. The molecular weight excluding hydrogens is 255 g/mol. The number of nitrogens with one attached hydrogen (secondary N) is 3. The second-order valence-electron chi connectivity index (χ2n) is 4.57. The van der Waals surface area contributed by atoms with Crippen LogP contribution in [-0.2, 0) is 0 Å². The Balaban J connectivity index is 2.06. The average molecular weight is 268 g/mol. The maximum Gasteiger partial charge on any atom is 0.275 e. The van der Waals surface area contributed by atoms with E-state index >= 15 is 0 Å². The standard InChI is InChI=1S/C11H13FN4O3/c12-6-7(16-5(2-17)10(6)18)4-1-13-9-8(4)14-3-15-11(9)19/h1,3,5-7,10,13,16-18H,2H2,(H,14,15,19). The van der Waals surface area contributed by atoms with Gasteiger partial charge in [-0.15, -0.1) is 0 Å². The number of alkyl halides is 1. The molecule has 0 aliphatic carbocycles. The Bertz CT molecular complexity index is 655. The van der Waals surface area contributed by atoms with Crippen molar-refractivity contribution in [1.29, 1.82) is 0 Å². The Kier molecular flexibility index (Phi) is 2.85. The minimum absolute atomic E-state index is 0.258. The SMILES string of the molecule is O=c1[nH]cnc2c(C3NC(CO)C(O)C3F)c[nH]c12. The number of aromatic nitrogens is 3. The fraction of sp³-hybridized carbons (Fsp3) is 0.455. The van der Waals surface area contributed by atoms with Crippen molar-refractivity contribution in [2.24, 2.45) is 0 Å². The van der Waals surface area contributed by atoms with E-state index in [1.54, 1.807) is 0 Å². The number of aliphatic hydroxyl groups is 2. The van der Waals surface area contributed by atoms with Gasteiger partial charge in [-0.25, -0.2) is 9.37 Å². The van der Waals surface area contributed by atoms with Crippen molar-refractivity contribution in [2.45, 2.75) is 24.4 Å². The lowest BCUT2D eigenvalue weighted by atomic mass is 10.0. The number of nitrogens with zero attached hydrogens (tertiary/aromatic N) is 1. The van der Waals surface area contributed by atoms with Crippen LogP contribution in [0.15, 0.2) is 17.3 Å². The first-order chi connectivity index (χ1) is 9.13. The van der Waals surface area contributed by atoms with Gasteiger partial charge >= 0.3 is 0 Å². The van der Waals surface area contributed by atoms with Gasteiger partial charge in [0.2, 0.25) is 0 Å². The molecule has 102 valence electrons. The van der Waals surface area contributed by atoms with E-state index in [0.717, 1.165) is 0 Å². The van der Waals surface area contributed by atoms with E-state index < -0.39 is 24.4 Å². The molecule has 0 aromatic carbocycles. The molecule has 2 aromatic heterocycles. The molecular formula is C11H13FN4O3. The lowest BCUT2D eigenvalue weighted by Crippen LogP contribution is -2.35. The van der Waals surface area contributed by atoms with Crippen LogP contribution in [0.1, 0.15) is 11.6 Å². The van der Waals surface area contributed by atoms with Gasteiger partial charge in [-0.1, -0.05) is 0 Å². The van der Waals surface area contributed by atoms with Crippen molar-refractivity contribution in [2.75, 3.05) is 6.61 Å². The number of hydrogen-bond donors (Lipinski definition) is 5. The summed E-state index contributed by atoms with van der Waals surface area (Å²) in [6.07, 6.45) is -0.132. The average Bonchev–Trinajstić information content (AvgIpc) is 2.94. The topological polar surface area (TPSA) is 114 Å². The van der Waals surface area contributed by atoms with Gasteiger partial charge in [0.25, 0.3) is 5.56 Å². The van der Waals surface area contributed by atoms with Gasteiger partial charge in [0.1, 0.15) is 23.3 Å². The van der Waals surface area contributed by atoms with E-state index in [1.807, 2.05) is 0 Å². The molecule has 4 unspecified atom stereocenters. The van der Waals surface area contributed by atoms with E-state index in [0.29, 0.717) is 11.1 Å². The van der Waals surface area contributed by atoms with Crippen LogP contribution >= 0.6 is 0 Å². The monoisotopic (exact) mass is 268 g/mol. The highest BCUT2D eigenvalue weighted by Crippen LogP contribution is 2.32. The first-order valence-corrected chi connectivity index (χ1v) is 5.87. The van der Waals surface area contributed by atoms with Crippen LogP contribution in [0.2, 0.25) is 0 Å². The first-order valence-electron chi connectivity index (χ1n) is 5.87. The summed E-state index contributed by atoms with van der Waals surface area (Å²) in [6, 6.07) is -1.54. The molecule has 0 radical (unpaired) electrons. The molecule has 0 saturated carbocycles. The molecule has 0 spiro atoms. The minimum atomic E-state index is -1.57. The maximum absolute atomic E-state index is 14.1. The summed E-state index contributed by atoms with van der Waals surface area (Å²) in [7, 11) is 0. The van der Waals surface area contributed by atoms with Crippen molar-refractivity contribution >= 4 is 11.0 Å². The minimum Gasteiger partial charge on any atom is -0.395 e. The van der Waals surface area contributed by atoms with Crippen molar-refractivity contribution < 1.29 is 14.6 Å². The summed E-state index contributed by atoms with van der Waals surface area (Å²) in [5.41, 5.74) is 0.732. The fourth-order valence-electron chi connectivity index (χ4n) is 2.47. The summed E-state index contributed by atoms with van der Waals surface area (Å²) >= 11 is 0. The zero-order valence-corrected chi connectivity index (χ0v) is 9.80. The van der Waals surface area contributed by atoms with E-state index in [-0.39, 0.29) is 17.7 Å². The molecule has 1 fully saturated rings.